The van der Waals surface area contributed by atoms with E-state index in [-0.39, 0.29) is 0 Å². The van der Waals surface area contributed by atoms with Crippen LogP contribution in [0.25, 0.3) is 11.5 Å². The number of aromatic nitrogens is 3. The first-order valence-electron chi connectivity index (χ1n) is 6.44. The van der Waals surface area contributed by atoms with Crippen LogP contribution in [-0.4, -0.2) is 15.0 Å². The second kappa shape index (κ2) is 5.93. The van der Waals surface area contributed by atoms with Crippen molar-refractivity contribution in [2.45, 2.75) is 13.5 Å². The molecule has 106 valence electrons. The van der Waals surface area contributed by atoms with Crippen LogP contribution in [-0.2, 0) is 6.54 Å². The van der Waals surface area contributed by atoms with Gasteiger partial charge in [0.15, 0.2) is 5.76 Å². The molecule has 0 unspecified atom stereocenters. The quantitative estimate of drug-likeness (QED) is 0.796. The van der Waals surface area contributed by atoms with Crippen LogP contribution in [0, 0.1) is 6.92 Å². The summed E-state index contributed by atoms with van der Waals surface area (Å²) in [6.07, 6.45) is 4.96. The minimum atomic E-state index is 0.565. The molecule has 0 radical (unpaired) electrons. The zero-order valence-electron chi connectivity index (χ0n) is 11.4. The summed E-state index contributed by atoms with van der Waals surface area (Å²) >= 11 is 6.08. The van der Waals surface area contributed by atoms with Crippen LogP contribution < -0.4 is 5.32 Å². The maximum Gasteiger partial charge on any atom is 0.152 e. The molecule has 0 atom stereocenters. The molecule has 0 bridgehead atoms. The largest absolute Gasteiger partial charge is 0.463 e. The molecule has 0 saturated carbocycles. The molecule has 0 aromatic carbocycles. The van der Waals surface area contributed by atoms with Crippen LogP contribution in [0.2, 0.25) is 5.02 Å². The molecular formula is C15H13ClN4O. The van der Waals surface area contributed by atoms with Gasteiger partial charge in [-0.05, 0) is 30.7 Å². The average Bonchev–Trinajstić information content (AvgIpc) is 3.00. The fourth-order valence-corrected chi connectivity index (χ4v) is 2.13. The van der Waals surface area contributed by atoms with Crippen molar-refractivity contribution < 1.29 is 4.42 Å². The van der Waals surface area contributed by atoms with Crippen LogP contribution in [0.3, 0.4) is 0 Å². The van der Waals surface area contributed by atoms with Crippen molar-refractivity contribution in [2.75, 3.05) is 5.32 Å². The Morgan fingerprint density at radius 1 is 1.29 bits per heavy atom. The smallest absolute Gasteiger partial charge is 0.152 e. The summed E-state index contributed by atoms with van der Waals surface area (Å²) in [5, 5.41) is 3.87. The highest BCUT2D eigenvalue weighted by Crippen LogP contribution is 2.21. The minimum Gasteiger partial charge on any atom is -0.463 e. The van der Waals surface area contributed by atoms with Gasteiger partial charge in [0.2, 0.25) is 0 Å². The highest BCUT2D eigenvalue weighted by molar-refractivity contribution is 6.31. The highest BCUT2D eigenvalue weighted by Gasteiger charge is 2.07. The SMILES string of the molecule is Cc1nc(NCc2ccncc2Cl)cc(-c2ccco2)n1. The summed E-state index contributed by atoms with van der Waals surface area (Å²) in [5.74, 6) is 2.11. The molecule has 3 aromatic heterocycles. The molecule has 3 heterocycles. The number of furan rings is 1. The van der Waals surface area contributed by atoms with E-state index >= 15 is 0 Å². The third-order valence-electron chi connectivity index (χ3n) is 2.93. The maximum atomic E-state index is 6.08. The Bertz CT molecular complexity index is 743. The standard InChI is InChI=1S/C15H13ClN4O/c1-10-19-13(14-3-2-6-21-14)7-15(20-10)18-8-11-4-5-17-9-12(11)16/h2-7,9H,8H2,1H3,(H,18,19,20). The summed E-state index contributed by atoms with van der Waals surface area (Å²) in [6, 6.07) is 7.42. The van der Waals surface area contributed by atoms with Gasteiger partial charge in [0.25, 0.3) is 0 Å². The van der Waals surface area contributed by atoms with Crippen LogP contribution in [0.5, 0.6) is 0 Å². The van der Waals surface area contributed by atoms with E-state index in [0.29, 0.717) is 23.2 Å². The second-order valence-corrected chi connectivity index (χ2v) is 4.89. The van der Waals surface area contributed by atoms with E-state index in [1.807, 2.05) is 31.2 Å². The average molecular weight is 301 g/mol. The van der Waals surface area contributed by atoms with E-state index in [4.69, 9.17) is 16.0 Å². The maximum absolute atomic E-state index is 6.08. The first-order valence-corrected chi connectivity index (χ1v) is 6.82. The Balaban J connectivity index is 1.81. The van der Waals surface area contributed by atoms with Crippen molar-refractivity contribution in [3.8, 4) is 11.5 Å². The van der Waals surface area contributed by atoms with E-state index in [1.165, 1.54) is 0 Å². The first kappa shape index (κ1) is 13.6. The monoisotopic (exact) mass is 300 g/mol. The molecule has 0 spiro atoms. The number of nitrogens with zero attached hydrogens (tertiary/aromatic N) is 3. The Morgan fingerprint density at radius 2 is 2.19 bits per heavy atom. The molecule has 6 heteroatoms. The first-order chi connectivity index (χ1) is 10.2. The normalized spacial score (nSPS) is 10.6. The van der Waals surface area contributed by atoms with Crippen LogP contribution in [0.4, 0.5) is 5.82 Å². The Kier molecular flexibility index (Phi) is 3.83. The Labute approximate surface area is 127 Å². The lowest BCUT2D eigenvalue weighted by Gasteiger charge is -2.08. The van der Waals surface area contributed by atoms with Gasteiger partial charge >= 0.3 is 0 Å². The molecule has 0 aliphatic heterocycles. The molecule has 0 fully saturated rings. The molecule has 0 aliphatic rings. The lowest BCUT2D eigenvalue weighted by molar-refractivity contribution is 0.579. The summed E-state index contributed by atoms with van der Waals surface area (Å²) in [5.41, 5.74) is 1.71. The van der Waals surface area contributed by atoms with Crippen LogP contribution in [0.15, 0.2) is 47.3 Å². The molecule has 3 aromatic rings. The number of hydrogen-bond acceptors (Lipinski definition) is 5. The summed E-state index contributed by atoms with van der Waals surface area (Å²) in [7, 11) is 0. The number of anilines is 1. The number of rotatable bonds is 4. The minimum absolute atomic E-state index is 0.565. The number of halogens is 1. The van der Waals surface area contributed by atoms with Crippen molar-refractivity contribution in [1.82, 2.24) is 15.0 Å². The molecule has 21 heavy (non-hydrogen) atoms. The number of nitrogens with one attached hydrogen (secondary N) is 1. The number of aryl methyl sites for hydroxylation is 1. The molecular weight excluding hydrogens is 288 g/mol. The molecule has 5 nitrogen and oxygen atoms in total. The third kappa shape index (κ3) is 3.20. The van der Waals surface area contributed by atoms with Crippen molar-refractivity contribution in [1.29, 1.82) is 0 Å². The fraction of sp³-hybridized carbons (Fsp3) is 0.133. The van der Waals surface area contributed by atoms with Crippen molar-refractivity contribution in [2.24, 2.45) is 0 Å². The molecule has 0 amide bonds. The topological polar surface area (TPSA) is 63.8 Å². The second-order valence-electron chi connectivity index (χ2n) is 4.48. The lowest BCUT2D eigenvalue weighted by Crippen LogP contribution is -2.04. The third-order valence-corrected chi connectivity index (χ3v) is 3.27. The van der Waals surface area contributed by atoms with Gasteiger partial charge in [-0.1, -0.05) is 11.6 Å². The number of pyridine rings is 1. The van der Waals surface area contributed by atoms with Gasteiger partial charge in [-0.2, -0.15) is 0 Å². The lowest BCUT2D eigenvalue weighted by atomic mass is 10.2. The van der Waals surface area contributed by atoms with Gasteiger partial charge in [0.1, 0.15) is 17.3 Å². The summed E-state index contributed by atoms with van der Waals surface area (Å²) in [4.78, 5) is 12.7. The van der Waals surface area contributed by atoms with Crippen molar-refractivity contribution >= 4 is 17.4 Å². The van der Waals surface area contributed by atoms with E-state index < -0.39 is 0 Å². The zero-order valence-corrected chi connectivity index (χ0v) is 12.1. The molecule has 3 rings (SSSR count). The van der Waals surface area contributed by atoms with E-state index in [0.717, 1.165) is 17.1 Å². The predicted octanol–water partition coefficient (Wildman–Crippen LogP) is 3.71. The van der Waals surface area contributed by atoms with E-state index in [9.17, 15) is 0 Å². The molecule has 1 N–H and O–H groups in total. The van der Waals surface area contributed by atoms with Gasteiger partial charge in [-0.3, -0.25) is 4.98 Å². The van der Waals surface area contributed by atoms with Crippen molar-refractivity contribution in [3.05, 3.63) is 59.3 Å². The summed E-state index contributed by atoms with van der Waals surface area (Å²) in [6.45, 7) is 2.41. The Hall–Kier alpha value is -2.40. The van der Waals surface area contributed by atoms with E-state index in [1.54, 1.807) is 18.7 Å². The van der Waals surface area contributed by atoms with Crippen molar-refractivity contribution in [3.63, 3.8) is 0 Å². The van der Waals surface area contributed by atoms with Gasteiger partial charge in [0.05, 0.1) is 11.3 Å². The van der Waals surface area contributed by atoms with Gasteiger partial charge in [-0.25, -0.2) is 9.97 Å². The van der Waals surface area contributed by atoms with E-state index in [2.05, 4.69) is 20.3 Å². The molecule has 0 aliphatic carbocycles. The van der Waals surface area contributed by atoms with Gasteiger partial charge in [-0.15, -0.1) is 0 Å². The zero-order chi connectivity index (χ0) is 14.7. The predicted molar refractivity (Wildman–Crippen MR) is 81.0 cm³/mol. The van der Waals surface area contributed by atoms with Crippen LogP contribution >= 0.6 is 11.6 Å². The van der Waals surface area contributed by atoms with Crippen LogP contribution in [0.1, 0.15) is 11.4 Å². The van der Waals surface area contributed by atoms with Gasteiger partial charge < -0.3 is 9.73 Å². The summed E-state index contributed by atoms with van der Waals surface area (Å²) < 4.78 is 5.36. The fourth-order valence-electron chi connectivity index (χ4n) is 1.94. The highest BCUT2D eigenvalue weighted by atomic mass is 35.5. The van der Waals surface area contributed by atoms with Gasteiger partial charge in [0, 0.05) is 25.0 Å². The number of hydrogen-bond donors (Lipinski definition) is 1. The Morgan fingerprint density at radius 3 is 2.95 bits per heavy atom. The molecule has 0 saturated heterocycles.